The largest absolute Gasteiger partial charge is 0.468 e. The van der Waals surface area contributed by atoms with Gasteiger partial charge in [0.15, 0.2) is 18.3 Å². The second-order valence-corrected chi connectivity index (χ2v) is 9.29. The van der Waals surface area contributed by atoms with Gasteiger partial charge in [-0.25, -0.2) is 14.4 Å². The first-order valence-corrected chi connectivity index (χ1v) is 12.0. The van der Waals surface area contributed by atoms with Crippen molar-refractivity contribution in [2.24, 2.45) is 15.0 Å². The lowest BCUT2D eigenvalue weighted by Gasteiger charge is -2.33. The molecule has 1 aromatic heterocycles. The molecule has 2 N–H and O–H groups in total. The fourth-order valence-electron chi connectivity index (χ4n) is 3.40. The number of piperazine rings is 1. The van der Waals surface area contributed by atoms with Crippen molar-refractivity contribution in [1.29, 1.82) is 0 Å². The number of halogens is 2. The quantitative estimate of drug-likeness (QED) is 0.288. The Hall–Kier alpha value is -2.82. The monoisotopic (exact) mass is 505 g/mol. The summed E-state index contributed by atoms with van der Waals surface area (Å²) in [4.78, 5) is 19.8. The SMILES string of the molecule is C=N/C=C(/Cl)SCN/C(=C/C(=N\COc1ccc2[nH]c(C)cc2c1F)N1CCN(C)CC1)N=C. The molecule has 1 fully saturated rings. The number of rotatable bonds is 10. The molecule has 0 saturated carbocycles. The molecule has 0 amide bonds. The Morgan fingerprint density at radius 1 is 1.32 bits per heavy atom. The number of benzene rings is 1. The van der Waals surface area contributed by atoms with Crippen LogP contribution in [0.2, 0.25) is 0 Å². The molecule has 0 radical (unpaired) electrons. The zero-order valence-corrected chi connectivity index (χ0v) is 20.9. The van der Waals surface area contributed by atoms with Gasteiger partial charge in [-0.15, -0.1) is 0 Å². The lowest BCUT2D eigenvalue weighted by atomic mass is 10.2. The number of amidine groups is 1. The van der Waals surface area contributed by atoms with Gasteiger partial charge in [0.05, 0.1) is 16.4 Å². The molecule has 1 aromatic carbocycles. The molecule has 0 spiro atoms. The topological polar surface area (TPSA) is 80.6 Å². The minimum atomic E-state index is -0.403. The number of aromatic nitrogens is 1. The highest BCUT2D eigenvalue weighted by Gasteiger charge is 2.17. The molecule has 11 heteroatoms. The molecule has 182 valence electrons. The van der Waals surface area contributed by atoms with Gasteiger partial charge in [-0.1, -0.05) is 23.4 Å². The Morgan fingerprint density at radius 2 is 2.09 bits per heavy atom. The number of hydrogen-bond donors (Lipinski definition) is 2. The molecule has 1 saturated heterocycles. The third-order valence-electron chi connectivity index (χ3n) is 5.20. The summed E-state index contributed by atoms with van der Waals surface area (Å²) in [5.41, 5.74) is 1.62. The molecule has 0 atom stereocenters. The van der Waals surface area contributed by atoms with E-state index in [2.05, 4.69) is 55.6 Å². The molecule has 34 heavy (non-hydrogen) atoms. The van der Waals surface area contributed by atoms with Crippen molar-refractivity contribution in [2.45, 2.75) is 6.92 Å². The summed E-state index contributed by atoms with van der Waals surface area (Å²) in [7, 11) is 2.08. The van der Waals surface area contributed by atoms with Gasteiger partial charge in [0.1, 0.15) is 11.7 Å². The molecular formula is C23H29ClFN7OS. The number of aliphatic imine (C=N–C) groups is 3. The number of H-pyrrole nitrogens is 1. The summed E-state index contributed by atoms with van der Waals surface area (Å²) < 4.78 is 21.0. The van der Waals surface area contributed by atoms with Crippen LogP contribution in [-0.4, -0.2) is 79.9 Å². The van der Waals surface area contributed by atoms with Crippen molar-refractivity contribution in [1.82, 2.24) is 20.1 Å². The van der Waals surface area contributed by atoms with Crippen LogP contribution < -0.4 is 10.1 Å². The smallest absolute Gasteiger partial charge is 0.181 e. The summed E-state index contributed by atoms with van der Waals surface area (Å²) in [6.07, 6.45) is 3.28. The van der Waals surface area contributed by atoms with E-state index in [-0.39, 0.29) is 12.5 Å². The minimum Gasteiger partial charge on any atom is -0.468 e. The second kappa shape index (κ2) is 12.6. The Kier molecular flexibility index (Phi) is 9.55. The van der Waals surface area contributed by atoms with Crippen LogP contribution in [-0.2, 0) is 0 Å². The van der Waals surface area contributed by atoms with E-state index in [1.54, 1.807) is 24.3 Å². The highest BCUT2D eigenvalue weighted by Crippen LogP contribution is 2.27. The Bertz CT molecular complexity index is 1110. The van der Waals surface area contributed by atoms with Crippen molar-refractivity contribution in [3.63, 3.8) is 0 Å². The van der Waals surface area contributed by atoms with Crippen molar-refractivity contribution in [2.75, 3.05) is 45.8 Å². The molecule has 2 heterocycles. The molecule has 0 aliphatic carbocycles. The van der Waals surface area contributed by atoms with Crippen LogP contribution in [0.3, 0.4) is 0 Å². The van der Waals surface area contributed by atoms with Gasteiger partial charge in [-0.05, 0) is 45.6 Å². The fourth-order valence-corrected chi connectivity index (χ4v) is 4.14. The molecule has 0 bridgehead atoms. The van der Waals surface area contributed by atoms with Gasteiger partial charge in [0.2, 0.25) is 0 Å². The zero-order chi connectivity index (χ0) is 24.5. The Balaban J connectivity index is 1.74. The number of likely N-dealkylation sites (N-methyl/N-ethyl adjacent to an activating group) is 1. The van der Waals surface area contributed by atoms with Gasteiger partial charge >= 0.3 is 0 Å². The van der Waals surface area contributed by atoms with Crippen LogP contribution in [0.25, 0.3) is 10.9 Å². The zero-order valence-electron chi connectivity index (χ0n) is 19.4. The maximum Gasteiger partial charge on any atom is 0.181 e. The summed E-state index contributed by atoms with van der Waals surface area (Å²) in [6, 6.07) is 5.17. The number of hydrogen-bond acceptors (Lipinski definition) is 7. The van der Waals surface area contributed by atoms with Crippen molar-refractivity contribution in [3.8, 4) is 5.75 Å². The molecule has 0 unspecified atom stereocenters. The number of thioether (sulfide) groups is 1. The van der Waals surface area contributed by atoms with Crippen LogP contribution in [0.4, 0.5) is 4.39 Å². The van der Waals surface area contributed by atoms with Crippen LogP contribution in [0, 0.1) is 12.7 Å². The molecule has 1 aliphatic rings. The van der Waals surface area contributed by atoms with E-state index >= 15 is 0 Å². The second-order valence-electron chi connectivity index (χ2n) is 7.64. The third-order valence-corrected chi connectivity index (χ3v) is 6.30. The molecule has 8 nitrogen and oxygen atoms in total. The van der Waals surface area contributed by atoms with Crippen molar-refractivity contribution >= 4 is 53.5 Å². The van der Waals surface area contributed by atoms with E-state index in [1.807, 2.05) is 6.92 Å². The highest BCUT2D eigenvalue weighted by atomic mass is 35.5. The van der Waals surface area contributed by atoms with Crippen molar-refractivity contribution in [3.05, 3.63) is 52.2 Å². The summed E-state index contributed by atoms with van der Waals surface area (Å²) in [6.45, 7) is 12.3. The molecule has 1 aliphatic heterocycles. The van der Waals surface area contributed by atoms with Gasteiger partial charge < -0.3 is 24.8 Å². The first kappa shape index (κ1) is 25.8. The van der Waals surface area contributed by atoms with Crippen LogP contribution >= 0.6 is 23.4 Å². The van der Waals surface area contributed by atoms with E-state index < -0.39 is 5.82 Å². The van der Waals surface area contributed by atoms with E-state index in [1.165, 1.54) is 18.0 Å². The van der Waals surface area contributed by atoms with E-state index in [4.69, 9.17) is 16.3 Å². The van der Waals surface area contributed by atoms with Gasteiger partial charge in [0.25, 0.3) is 0 Å². The Labute approximate surface area is 208 Å². The predicted molar refractivity (Wildman–Crippen MR) is 142 cm³/mol. The molecule has 2 aromatic rings. The number of fused-ring (bicyclic) bond motifs is 1. The highest BCUT2D eigenvalue weighted by molar-refractivity contribution is 8.04. The average molecular weight is 506 g/mol. The lowest BCUT2D eigenvalue weighted by molar-refractivity contribution is 0.214. The molecular weight excluding hydrogens is 477 g/mol. The maximum atomic E-state index is 14.8. The fraction of sp³-hybridized carbons (Fsp3) is 0.348. The van der Waals surface area contributed by atoms with Gasteiger partial charge in [-0.3, -0.25) is 4.99 Å². The normalized spacial score (nSPS) is 16.1. The van der Waals surface area contributed by atoms with Gasteiger partial charge in [-0.2, -0.15) is 0 Å². The predicted octanol–water partition coefficient (Wildman–Crippen LogP) is 4.16. The summed E-state index contributed by atoms with van der Waals surface area (Å²) >= 11 is 7.38. The van der Waals surface area contributed by atoms with Crippen LogP contribution in [0.15, 0.2) is 55.6 Å². The number of aromatic amines is 1. The summed E-state index contributed by atoms with van der Waals surface area (Å²) in [5, 5.41) is 3.66. The standard InChI is InChI=1S/C23H29ClFN7OS/c1-16-11-17-18(30-16)5-6-19(23(17)25)33-14-28-22(32-9-7-31(4)8-10-32)12-21(27-3)29-15-34-20(24)13-26-2/h5-6,11-13,29-30H,2-3,7-10,14-15H2,1,4H3/b20-13-,21-12+,28-22+. The number of nitrogens with one attached hydrogen (secondary N) is 2. The Morgan fingerprint density at radius 3 is 2.79 bits per heavy atom. The number of ether oxygens (including phenoxy) is 1. The molecule has 3 rings (SSSR count). The number of nitrogens with zero attached hydrogens (tertiary/aromatic N) is 5. The third kappa shape index (κ3) is 7.09. The minimum absolute atomic E-state index is 0.0389. The number of aryl methyl sites for hydroxylation is 1. The lowest BCUT2D eigenvalue weighted by Crippen LogP contribution is -2.47. The maximum absolute atomic E-state index is 14.8. The first-order valence-electron chi connectivity index (χ1n) is 10.7. The van der Waals surface area contributed by atoms with Gasteiger partial charge in [0, 0.05) is 48.9 Å². The van der Waals surface area contributed by atoms with Crippen molar-refractivity contribution < 1.29 is 9.13 Å². The average Bonchev–Trinajstić information content (AvgIpc) is 3.21. The van der Waals surface area contributed by atoms with E-state index in [0.717, 1.165) is 37.4 Å². The van der Waals surface area contributed by atoms with E-state index in [0.29, 0.717) is 27.3 Å². The van der Waals surface area contributed by atoms with Crippen LogP contribution in [0.5, 0.6) is 5.75 Å². The first-order chi connectivity index (χ1) is 16.4. The van der Waals surface area contributed by atoms with E-state index in [9.17, 15) is 4.39 Å². The summed E-state index contributed by atoms with van der Waals surface area (Å²) in [5.74, 6) is 1.44. The van der Waals surface area contributed by atoms with Crippen LogP contribution in [0.1, 0.15) is 5.69 Å².